The van der Waals surface area contributed by atoms with Gasteiger partial charge in [-0.3, -0.25) is 4.79 Å². The molecule has 1 nitrogen and oxygen atoms in total. The van der Waals surface area contributed by atoms with Gasteiger partial charge in [0, 0.05) is 0 Å². The molecule has 19 heavy (non-hydrogen) atoms. The van der Waals surface area contributed by atoms with Crippen LogP contribution in [-0.2, 0) is 4.79 Å². The summed E-state index contributed by atoms with van der Waals surface area (Å²) in [7, 11) is 0. The summed E-state index contributed by atoms with van der Waals surface area (Å²) in [4.78, 5) is 11.6. The van der Waals surface area contributed by atoms with E-state index in [1.807, 2.05) is 0 Å². The predicted octanol–water partition coefficient (Wildman–Crippen LogP) is 3.95. The third-order valence-electron chi connectivity index (χ3n) is 2.81. The minimum absolute atomic E-state index is 0.344. The van der Waals surface area contributed by atoms with Crippen molar-refractivity contribution in [1.82, 2.24) is 0 Å². The molecule has 0 N–H and O–H groups in total. The third kappa shape index (κ3) is 3.02. The van der Waals surface area contributed by atoms with Gasteiger partial charge in [0.15, 0.2) is 0 Å². The largest absolute Gasteiger partial charge is 0.450 e. The van der Waals surface area contributed by atoms with Crippen LogP contribution < -0.4 is 0 Å². The Morgan fingerprint density at radius 3 is 1.47 bits per heavy atom. The summed E-state index contributed by atoms with van der Waals surface area (Å²) >= 11 is 0. The molecular formula is C15H11F3O. The van der Waals surface area contributed by atoms with Crippen LogP contribution in [0, 0.1) is 0 Å². The lowest BCUT2D eigenvalue weighted by Crippen LogP contribution is -2.29. The van der Waals surface area contributed by atoms with Crippen molar-refractivity contribution >= 4 is 5.78 Å². The Hall–Kier alpha value is -2.10. The molecule has 2 rings (SSSR count). The third-order valence-corrected chi connectivity index (χ3v) is 2.81. The zero-order chi connectivity index (χ0) is 13.9. The molecule has 2 aromatic rings. The zero-order valence-corrected chi connectivity index (χ0v) is 9.89. The number of Topliss-reactive ketones (excluding diaryl/α,β-unsaturated/α-hetero) is 1. The van der Waals surface area contributed by atoms with Crippen molar-refractivity contribution in [2.24, 2.45) is 0 Å². The average Bonchev–Trinajstić information content (AvgIpc) is 2.40. The highest BCUT2D eigenvalue weighted by Gasteiger charge is 2.44. The number of carbonyl (C=O) groups excluding carboxylic acids is 1. The van der Waals surface area contributed by atoms with E-state index >= 15 is 0 Å². The molecule has 0 saturated heterocycles. The Morgan fingerprint density at radius 2 is 1.16 bits per heavy atom. The molecule has 0 bridgehead atoms. The van der Waals surface area contributed by atoms with E-state index < -0.39 is 17.9 Å². The van der Waals surface area contributed by atoms with Gasteiger partial charge >= 0.3 is 6.18 Å². The standard InChI is InChI=1S/C15H11F3O/c16-15(17,18)14(19)13(11-7-3-1-4-8-11)12-9-5-2-6-10-12/h1-10,13H. The molecule has 98 valence electrons. The highest BCUT2D eigenvalue weighted by Crippen LogP contribution is 2.32. The minimum atomic E-state index is -4.85. The fourth-order valence-electron chi connectivity index (χ4n) is 1.95. The van der Waals surface area contributed by atoms with Crippen LogP contribution >= 0.6 is 0 Å². The molecule has 0 radical (unpaired) electrons. The van der Waals surface area contributed by atoms with E-state index in [9.17, 15) is 18.0 Å². The van der Waals surface area contributed by atoms with Gasteiger partial charge in [0.2, 0.25) is 5.78 Å². The van der Waals surface area contributed by atoms with Crippen LogP contribution in [0.25, 0.3) is 0 Å². The van der Waals surface area contributed by atoms with Crippen molar-refractivity contribution in [1.29, 1.82) is 0 Å². The fourth-order valence-corrected chi connectivity index (χ4v) is 1.95. The summed E-state index contributed by atoms with van der Waals surface area (Å²) in [5.74, 6) is -3.05. The van der Waals surface area contributed by atoms with Crippen molar-refractivity contribution in [2.45, 2.75) is 12.1 Å². The number of ketones is 1. The van der Waals surface area contributed by atoms with Crippen LogP contribution in [0.1, 0.15) is 17.0 Å². The van der Waals surface area contributed by atoms with Gasteiger partial charge in [-0.05, 0) is 11.1 Å². The lowest BCUT2D eigenvalue weighted by atomic mass is 9.87. The quantitative estimate of drug-likeness (QED) is 0.820. The lowest BCUT2D eigenvalue weighted by molar-refractivity contribution is -0.171. The van der Waals surface area contributed by atoms with Crippen LogP contribution in [-0.4, -0.2) is 12.0 Å². The molecule has 0 heterocycles. The van der Waals surface area contributed by atoms with Gasteiger partial charge in [0.05, 0.1) is 5.92 Å². The normalized spacial score (nSPS) is 11.6. The second-order valence-electron chi connectivity index (χ2n) is 4.12. The summed E-state index contributed by atoms with van der Waals surface area (Å²) in [5.41, 5.74) is 0.687. The first-order valence-corrected chi connectivity index (χ1v) is 5.71. The van der Waals surface area contributed by atoms with Crippen LogP contribution in [0.2, 0.25) is 0 Å². The summed E-state index contributed by atoms with van der Waals surface area (Å²) in [6, 6.07) is 16.0. The Balaban J connectivity index is 2.49. The number of benzene rings is 2. The summed E-state index contributed by atoms with van der Waals surface area (Å²) in [5, 5.41) is 0. The Labute approximate surface area is 108 Å². The molecule has 0 atom stereocenters. The van der Waals surface area contributed by atoms with Gasteiger partial charge in [-0.1, -0.05) is 60.7 Å². The molecule has 0 fully saturated rings. The molecule has 0 unspecified atom stereocenters. The minimum Gasteiger partial charge on any atom is -0.288 e. The molecule has 0 aliphatic carbocycles. The topological polar surface area (TPSA) is 17.1 Å². The first-order valence-electron chi connectivity index (χ1n) is 5.71. The number of hydrogen-bond acceptors (Lipinski definition) is 1. The van der Waals surface area contributed by atoms with E-state index in [1.54, 1.807) is 36.4 Å². The Morgan fingerprint density at radius 1 is 0.789 bits per heavy atom. The second-order valence-corrected chi connectivity index (χ2v) is 4.12. The van der Waals surface area contributed by atoms with Crippen molar-refractivity contribution in [2.75, 3.05) is 0 Å². The van der Waals surface area contributed by atoms with E-state index in [2.05, 4.69) is 0 Å². The first kappa shape index (κ1) is 13.3. The van der Waals surface area contributed by atoms with Crippen molar-refractivity contribution in [3.63, 3.8) is 0 Å². The molecule has 0 amide bonds. The molecule has 0 spiro atoms. The van der Waals surface area contributed by atoms with E-state index in [0.717, 1.165) is 0 Å². The maximum Gasteiger partial charge on any atom is 0.450 e. The molecule has 0 aliphatic rings. The van der Waals surface area contributed by atoms with Crippen molar-refractivity contribution in [3.8, 4) is 0 Å². The highest BCUT2D eigenvalue weighted by molar-refractivity contribution is 5.93. The van der Waals surface area contributed by atoms with Gasteiger partial charge in [-0.2, -0.15) is 13.2 Å². The SMILES string of the molecule is O=C(C(c1ccccc1)c1ccccc1)C(F)(F)F. The monoisotopic (exact) mass is 264 g/mol. The van der Waals surface area contributed by atoms with Crippen LogP contribution in [0.4, 0.5) is 13.2 Å². The van der Waals surface area contributed by atoms with Gasteiger partial charge < -0.3 is 0 Å². The second kappa shape index (κ2) is 5.26. The average molecular weight is 264 g/mol. The van der Waals surface area contributed by atoms with Crippen LogP contribution in [0.15, 0.2) is 60.7 Å². The number of alkyl halides is 3. The molecular weight excluding hydrogens is 253 g/mol. The highest BCUT2D eigenvalue weighted by atomic mass is 19.4. The van der Waals surface area contributed by atoms with Gasteiger partial charge in [0.25, 0.3) is 0 Å². The summed E-state index contributed by atoms with van der Waals surface area (Å²) in [6.45, 7) is 0. The summed E-state index contributed by atoms with van der Waals surface area (Å²) < 4.78 is 38.2. The number of hydrogen-bond donors (Lipinski definition) is 0. The molecule has 4 heteroatoms. The number of rotatable bonds is 3. The molecule has 2 aromatic carbocycles. The molecule has 0 saturated carbocycles. The Bertz CT molecular complexity index is 507. The zero-order valence-electron chi connectivity index (χ0n) is 9.89. The predicted molar refractivity (Wildman–Crippen MR) is 65.8 cm³/mol. The molecule has 0 aliphatic heterocycles. The van der Waals surface area contributed by atoms with E-state index in [1.165, 1.54) is 24.3 Å². The summed E-state index contributed by atoms with van der Waals surface area (Å²) in [6.07, 6.45) is -4.85. The maximum atomic E-state index is 12.7. The number of carbonyl (C=O) groups is 1. The van der Waals surface area contributed by atoms with Gasteiger partial charge in [0.1, 0.15) is 0 Å². The fraction of sp³-hybridized carbons (Fsp3) is 0.133. The van der Waals surface area contributed by atoms with Crippen LogP contribution in [0.5, 0.6) is 0 Å². The maximum absolute atomic E-state index is 12.7. The van der Waals surface area contributed by atoms with Gasteiger partial charge in [-0.25, -0.2) is 0 Å². The van der Waals surface area contributed by atoms with E-state index in [0.29, 0.717) is 11.1 Å². The lowest BCUT2D eigenvalue weighted by Gasteiger charge is -2.18. The van der Waals surface area contributed by atoms with Crippen molar-refractivity contribution in [3.05, 3.63) is 71.8 Å². The Kier molecular flexibility index (Phi) is 3.69. The molecule has 0 aromatic heterocycles. The first-order chi connectivity index (χ1) is 9.00. The van der Waals surface area contributed by atoms with E-state index in [4.69, 9.17) is 0 Å². The van der Waals surface area contributed by atoms with E-state index in [-0.39, 0.29) is 0 Å². The smallest absolute Gasteiger partial charge is 0.288 e. The van der Waals surface area contributed by atoms with Crippen molar-refractivity contribution < 1.29 is 18.0 Å². The number of halogens is 3. The van der Waals surface area contributed by atoms with Crippen LogP contribution in [0.3, 0.4) is 0 Å². The van der Waals surface area contributed by atoms with Gasteiger partial charge in [-0.15, -0.1) is 0 Å².